The first-order valence-corrected chi connectivity index (χ1v) is 7.10. The lowest BCUT2D eigenvalue weighted by Crippen LogP contribution is -2.14. The summed E-state index contributed by atoms with van der Waals surface area (Å²) in [6.07, 6.45) is 0. The average Bonchev–Trinajstić information content (AvgIpc) is 2.71. The van der Waals surface area contributed by atoms with Gasteiger partial charge in [-0.25, -0.2) is 0 Å². The molecule has 0 saturated carbocycles. The van der Waals surface area contributed by atoms with Crippen molar-refractivity contribution in [2.45, 2.75) is 26.8 Å². The van der Waals surface area contributed by atoms with Crippen molar-refractivity contribution in [3.63, 3.8) is 0 Å². The van der Waals surface area contributed by atoms with Crippen LogP contribution in [0.5, 0.6) is 0 Å². The maximum atomic E-state index is 6.48. The van der Waals surface area contributed by atoms with E-state index in [0.29, 0.717) is 0 Å². The third kappa shape index (κ3) is 2.32. The molecule has 0 fully saturated rings. The second-order valence-corrected chi connectivity index (χ2v) is 5.59. The molecular formula is C17H20N4. The summed E-state index contributed by atoms with van der Waals surface area (Å²) in [7, 11) is 1.95. The number of nitrogens with zero attached hydrogens (tertiary/aromatic N) is 3. The van der Waals surface area contributed by atoms with Gasteiger partial charge in [-0.1, -0.05) is 12.1 Å². The largest absolute Gasteiger partial charge is 0.320 e. The van der Waals surface area contributed by atoms with Gasteiger partial charge < -0.3 is 5.73 Å². The van der Waals surface area contributed by atoms with Crippen molar-refractivity contribution < 1.29 is 0 Å². The fraction of sp³-hybridized carbons (Fsp3) is 0.294. The molecule has 0 saturated heterocycles. The lowest BCUT2D eigenvalue weighted by atomic mass is 9.96. The van der Waals surface area contributed by atoms with Crippen LogP contribution in [0.1, 0.15) is 34.3 Å². The van der Waals surface area contributed by atoms with Gasteiger partial charge >= 0.3 is 0 Å². The van der Waals surface area contributed by atoms with E-state index < -0.39 is 0 Å². The maximum Gasteiger partial charge on any atom is 0.0705 e. The van der Waals surface area contributed by atoms with Crippen LogP contribution >= 0.6 is 0 Å². The Kier molecular flexibility index (Phi) is 3.26. The molecule has 0 aliphatic carbocycles. The van der Waals surface area contributed by atoms with Crippen LogP contribution in [0, 0.1) is 20.8 Å². The molecule has 0 spiro atoms. The zero-order valence-electron chi connectivity index (χ0n) is 12.9. The van der Waals surface area contributed by atoms with Crippen LogP contribution in [0.25, 0.3) is 10.9 Å². The summed E-state index contributed by atoms with van der Waals surface area (Å²) in [5.41, 5.74) is 12.8. The fourth-order valence-corrected chi connectivity index (χ4v) is 2.85. The highest BCUT2D eigenvalue weighted by atomic mass is 15.3. The summed E-state index contributed by atoms with van der Waals surface area (Å²) in [6, 6.07) is 10.2. The standard InChI is InChI=1S/C17H20N4/c1-10-5-6-13-9-14(7-8-15(13)19-10)17(18)16-11(2)20-21(4)12(16)3/h5-9,17H,18H2,1-4H3. The van der Waals surface area contributed by atoms with E-state index in [9.17, 15) is 0 Å². The number of nitrogens with two attached hydrogens (primary N) is 1. The molecule has 2 heterocycles. The first-order chi connectivity index (χ1) is 9.97. The number of benzene rings is 1. The van der Waals surface area contributed by atoms with Crippen LogP contribution < -0.4 is 5.73 Å². The molecule has 0 bridgehead atoms. The predicted molar refractivity (Wildman–Crippen MR) is 85.2 cm³/mol. The zero-order chi connectivity index (χ0) is 15.1. The van der Waals surface area contributed by atoms with E-state index in [-0.39, 0.29) is 6.04 Å². The van der Waals surface area contributed by atoms with Gasteiger partial charge in [-0.2, -0.15) is 5.10 Å². The molecule has 0 amide bonds. The summed E-state index contributed by atoms with van der Waals surface area (Å²) >= 11 is 0. The van der Waals surface area contributed by atoms with Gasteiger partial charge in [0.05, 0.1) is 17.3 Å². The molecule has 21 heavy (non-hydrogen) atoms. The molecular weight excluding hydrogens is 260 g/mol. The van der Waals surface area contributed by atoms with Crippen molar-refractivity contribution in [2.75, 3.05) is 0 Å². The van der Waals surface area contributed by atoms with Crippen LogP contribution in [0.3, 0.4) is 0 Å². The minimum absolute atomic E-state index is 0.163. The predicted octanol–water partition coefficient (Wildman–Crippen LogP) is 2.94. The molecule has 2 aromatic heterocycles. The fourth-order valence-electron chi connectivity index (χ4n) is 2.85. The van der Waals surface area contributed by atoms with E-state index in [1.807, 2.05) is 37.7 Å². The highest BCUT2D eigenvalue weighted by Gasteiger charge is 2.18. The molecule has 4 heteroatoms. The Balaban J connectivity index is 2.09. The van der Waals surface area contributed by atoms with Crippen LogP contribution in [-0.2, 0) is 7.05 Å². The molecule has 1 unspecified atom stereocenters. The Morgan fingerprint density at radius 1 is 1.10 bits per heavy atom. The summed E-state index contributed by atoms with van der Waals surface area (Å²) in [5.74, 6) is 0. The van der Waals surface area contributed by atoms with Crippen molar-refractivity contribution >= 4 is 10.9 Å². The molecule has 0 aliphatic heterocycles. The van der Waals surface area contributed by atoms with Crippen molar-refractivity contribution in [3.8, 4) is 0 Å². The first kappa shape index (κ1) is 13.8. The Labute approximate surface area is 124 Å². The van der Waals surface area contributed by atoms with Gasteiger partial charge in [0.1, 0.15) is 0 Å². The minimum atomic E-state index is -0.163. The van der Waals surface area contributed by atoms with Crippen LogP contribution in [-0.4, -0.2) is 14.8 Å². The van der Waals surface area contributed by atoms with E-state index in [2.05, 4.69) is 35.2 Å². The Bertz CT molecular complexity index is 817. The van der Waals surface area contributed by atoms with Gasteiger partial charge in [-0.3, -0.25) is 9.67 Å². The molecule has 3 aromatic rings. The lowest BCUT2D eigenvalue weighted by molar-refractivity contribution is 0.728. The number of aryl methyl sites for hydroxylation is 3. The number of fused-ring (bicyclic) bond motifs is 1. The van der Waals surface area contributed by atoms with E-state index in [1.165, 1.54) is 0 Å². The number of hydrogen-bond donors (Lipinski definition) is 1. The van der Waals surface area contributed by atoms with Gasteiger partial charge in [0.2, 0.25) is 0 Å². The van der Waals surface area contributed by atoms with Gasteiger partial charge in [-0.15, -0.1) is 0 Å². The third-order valence-electron chi connectivity index (χ3n) is 4.09. The van der Waals surface area contributed by atoms with Crippen LogP contribution in [0.2, 0.25) is 0 Å². The quantitative estimate of drug-likeness (QED) is 0.785. The monoisotopic (exact) mass is 280 g/mol. The molecule has 1 aromatic carbocycles. The summed E-state index contributed by atoms with van der Waals surface area (Å²) in [4.78, 5) is 4.53. The third-order valence-corrected chi connectivity index (χ3v) is 4.09. The van der Waals surface area contributed by atoms with E-state index in [4.69, 9.17) is 5.73 Å². The molecule has 1 atom stereocenters. The Morgan fingerprint density at radius 3 is 2.52 bits per heavy atom. The lowest BCUT2D eigenvalue weighted by Gasteiger charge is -2.14. The average molecular weight is 280 g/mol. The zero-order valence-corrected chi connectivity index (χ0v) is 12.9. The van der Waals surface area contributed by atoms with Gasteiger partial charge in [-0.05, 0) is 44.5 Å². The number of pyridine rings is 1. The highest BCUT2D eigenvalue weighted by molar-refractivity contribution is 5.79. The second kappa shape index (κ2) is 4.97. The SMILES string of the molecule is Cc1ccc2cc(C(N)c3c(C)nn(C)c3C)ccc2n1. The first-order valence-electron chi connectivity index (χ1n) is 7.10. The van der Waals surface area contributed by atoms with Crippen LogP contribution in [0.4, 0.5) is 0 Å². The van der Waals surface area contributed by atoms with E-state index in [0.717, 1.165) is 39.1 Å². The molecule has 3 rings (SSSR count). The molecule has 2 N–H and O–H groups in total. The maximum absolute atomic E-state index is 6.48. The van der Waals surface area contributed by atoms with E-state index >= 15 is 0 Å². The van der Waals surface area contributed by atoms with Crippen molar-refractivity contribution in [1.29, 1.82) is 0 Å². The number of hydrogen-bond acceptors (Lipinski definition) is 3. The Hall–Kier alpha value is -2.20. The second-order valence-electron chi connectivity index (χ2n) is 5.59. The van der Waals surface area contributed by atoms with Crippen LogP contribution in [0.15, 0.2) is 30.3 Å². The molecule has 0 aliphatic rings. The van der Waals surface area contributed by atoms with Crippen molar-refractivity contribution in [2.24, 2.45) is 12.8 Å². The number of aromatic nitrogens is 3. The van der Waals surface area contributed by atoms with Gasteiger partial charge in [0.25, 0.3) is 0 Å². The highest BCUT2D eigenvalue weighted by Crippen LogP contribution is 2.27. The molecule has 4 nitrogen and oxygen atoms in total. The molecule has 0 radical (unpaired) electrons. The smallest absolute Gasteiger partial charge is 0.0705 e. The van der Waals surface area contributed by atoms with E-state index in [1.54, 1.807) is 0 Å². The molecule has 108 valence electrons. The normalized spacial score (nSPS) is 12.8. The van der Waals surface area contributed by atoms with Gasteiger partial charge in [0, 0.05) is 29.4 Å². The van der Waals surface area contributed by atoms with Gasteiger partial charge in [0.15, 0.2) is 0 Å². The summed E-state index contributed by atoms with van der Waals surface area (Å²) in [6.45, 7) is 6.07. The summed E-state index contributed by atoms with van der Waals surface area (Å²) < 4.78 is 1.89. The number of rotatable bonds is 2. The Morgan fingerprint density at radius 2 is 1.86 bits per heavy atom. The summed E-state index contributed by atoms with van der Waals surface area (Å²) in [5, 5.41) is 5.57. The van der Waals surface area contributed by atoms with Crippen molar-refractivity contribution in [1.82, 2.24) is 14.8 Å². The minimum Gasteiger partial charge on any atom is -0.320 e. The topological polar surface area (TPSA) is 56.7 Å². The van der Waals surface area contributed by atoms with Crippen molar-refractivity contribution in [3.05, 3.63) is 58.5 Å².